The van der Waals surface area contributed by atoms with Crippen LogP contribution >= 0.6 is 0 Å². The van der Waals surface area contributed by atoms with E-state index in [-0.39, 0.29) is 6.10 Å². The van der Waals surface area contributed by atoms with Gasteiger partial charge in [0.1, 0.15) is 0 Å². The maximum absolute atomic E-state index is 12.0. The molecule has 0 amide bonds. The molecule has 26 heavy (non-hydrogen) atoms. The molecular weight excluding hydrogens is 332 g/mol. The Hall–Kier alpha value is -1.27. The highest BCUT2D eigenvalue weighted by Gasteiger charge is 2.34. The van der Waals surface area contributed by atoms with Crippen LogP contribution in [0.4, 0.5) is 0 Å². The smallest absolute Gasteiger partial charge is 0.150 e. The molecule has 5 rings (SSSR count). The molecule has 5 nitrogen and oxygen atoms in total. The zero-order valence-electron chi connectivity index (χ0n) is 15.3. The van der Waals surface area contributed by atoms with Gasteiger partial charge in [0.25, 0.3) is 0 Å². The molecule has 0 spiro atoms. The molecule has 0 N–H and O–H groups in total. The topological polar surface area (TPSA) is 67.2 Å². The Balaban J connectivity index is 1.59. The minimum atomic E-state index is 0.268. The predicted octanol–water partition coefficient (Wildman–Crippen LogP) is 1.96. The Morgan fingerprint density at radius 3 is 1.77 bits per heavy atom. The maximum atomic E-state index is 12.0. The van der Waals surface area contributed by atoms with Crippen LogP contribution in [0.1, 0.15) is 44.6 Å². The van der Waals surface area contributed by atoms with E-state index in [0.717, 1.165) is 75.9 Å². The van der Waals surface area contributed by atoms with Gasteiger partial charge in [-0.25, -0.2) is 0 Å². The molecule has 4 aliphatic rings. The van der Waals surface area contributed by atoms with E-state index >= 15 is 0 Å². The van der Waals surface area contributed by atoms with Crippen molar-refractivity contribution in [3.8, 4) is 0 Å². The van der Waals surface area contributed by atoms with Crippen LogP contribution in [0.5, 0.6) is 0 Å². The van der Waals surface area contributed by atoms with E-state index in [9.17, 15) is 4.79 Å². The normalized spacial score (nSPS) is 31.0. The molecule has 4 saturated heterocycles. The highest BCUT2D eigenvalue weighted by Crippen LogP contribution is 2.36. The van der Waals surface area contributed by atoms with Crippen LogP contribution in [0, 0.1) is 6.92 Å². The second kappa shape index (κ2) is 6.71. The van der Waals surface area contributed by atoms with Crippen LogP contribution in [0.25, 0.3) is 0 Å². The number of rotatable bonds is 10. The van der Waals surface area contributed by atoms with Gasteiger partial charge < -0.3 is 18.9 Å². The number of carbonyl (C=O) groups is 1. The molecule has 140 valence electrons. The van der Waals surface area contributed by atoms with Crippen LogP contribution in [-0.2, 0) is 44.6 Å². The number of carbonyl (C=O) groups excluding carboxylic acids is 1. The molecule has 0 bridgehead atoms. The van der Waals surface area contributed by atoms with Crippen molar-refractivity contribution in [1.82, 2.24) is 0 Å². The summed E-state index contributed by atoms with van der Waals surface area (Å²) in [5.74, 6) is 0. The van der Waals surface area contributed by atoms with E-state index in [4.69, 9.17) is 18.9 Å². The molecule has 4 unspecified atom stereocenters. The summed E-state index contributed by atoms with van der Waals surface area (Å²) in [6.45, 7) is 5.46. The number of aldehydes is 1. The van der Waals surface area contributed by atoms with Gasteiger partial charge in [-0.05, 0) is 47.6 Å². The van der Waals surface area contributed by atoms with E-state index in [1.807, 2.05) is 0 Å². The lowest BCUT2D eigenvalue weighted by molar-refractivity contribution is 0.112. The fourth-order valence-electron chi connectivity index (χ4n) is 4.14. The summed E-state index contributed by atoms with van der Waals surface area (Å²) in [6.07, 6.45) is 7.05. The molecule has 4 fully saturated rings. The maximum Gasteiger partial charge on any atom is 0.150 e. The highest BCUT2D eigenvalue weighted by atomic mass is 16.6. The van der Waals surface area contributed by atoms with Crippen LogP contribution in [0.15, 0.2) is 0 Å². The summed E-state index contributed by atoms with van der Waals surface area (Å²) in [5.41, 5.74) is 7.29. The summed E-state index contributed by atoms with van der Waals surface area (Å²) in [7, 11) is 0. The van der Waals surface area contributed by atoms with Gasteiger partial charge in [0, 0.05) is 24.8 Å². The quantitative estimate of drug-likeness (QED) is 0.472. The van der Waals surface area contributed by atoms with Gasteiger partial charge in [-0.1, -0.05) is 0 Å². The summed E-state index contributed by atoms with van der Waals surface area (Å²) in [6, 6.07) is 0. The second-order valence-electron chi connectivity index (χ2n) is 8.04. The first kappa shape index (κ1) is 16.9. The largest absolute Gasteiger partial charge is 0.373 e. The number of ether oxygens (including phenoxy) is 4. The molecule has 1 aromatic carbocycles. The van der Waals surface area contributed by atoms with Crippen molar-refractivity contribution in [2.45, 2.75) is 63.4 Å². The fraction of sp³-hybridized carbons (Fsp3) is 0.667. The Bertz CT molecular complexity index is 712. The number of benzene rings is 1. The summed E-state index contributed by atoms with van der Waals surface area (Å²) >= 11 is 0. The van der Waals surface area contributed by atoms with Gasteiger partial charge >= 0.3 is 0 Å². The predicted molar refractivity (Wildman–Crippen MR) is 95.0 cm³/mol. The molecule has 0 aliphatic carbocycles. The zero-order valence-corrected chi connectivity index (χ0v) is 15.3. The minimum absolute atomic E-state index is 0.268. The van der Waals surface area contributed by atoms with Gasteiger partial charge in [-0.2, -0.15) is 0 Å². The van der Waals surface area contributed by atoms with Crippen LogP contribution in [0.3, 0.4) is 0 Å². The Morgan fingerprint density at radius 1 is 0.769 bits per heavy atom. The monoisotopic (exact) mass is 358 g/mol. The minimum Gasteiger partial charge on any atom is -0.373 e. The van der Waals surface area contributed by atoms with Crippen molar-refractivity contribution in [1.29, 1.82) is 0 Å². The average molecular weight is 358 g/mol. The molecule has 0 aromatic heterocycles. The van der Waals surface area contributed by atoms with Gasteiger partial charge in [0.2, 0.25) is 0 Å². The van der Waals surface area contributed by atoms with Crippen molar-refractivity contribution in [3.05, 3.63) is 33.4 Å². The molecular formula is C21H26O5. The third-order valence-corrected chi connectivity index (χ3v) is 6.01. The van der Waals surface area contributed by atoms with E-state index in [0.29, 0.717) is 18.3 Å². The second-order valence-corrected chi connectivity index (χ2v) is 8.04. The van der Waals surface area contributed by atoms with Gasteiger partial charge in [0.05, 0.1) is 50.8 Å². The molecule has 4 atom stereocenters. The van der Waals surface area contributed by atoms with Crippen molar-refractivity contribution >= 4 is 6.29 Å². The lowest BCUT2D eigenvalue weighted by atomic mass is 9.81. The third kappa shape index (κ3) is 3.72. The molecule has 1 aromatic rings. The SMILES string of the molecule is Cc1c(C=O)c(CC2CO2)c(CC2CO2)c(CCC2CO2)c1CC1CO1. The summed E-state index contributed by atoms with van der Waals surface area (Å²) < 4.78 is 22.0. The first-order chi connectivity index (χ1) is 12.7. The van der Waals surface area contributed by atoms with Gasteiger partial charge in [-0.15, -0.1) is 0 Å². The van der Waals surface area contributed by atoms with E-state index in [1.54, 1.807) is 0 Å². The van der Waals surface area contributed by atoms with Gasteiger partial charge in [-0.3, -0.25) is 4.79 Å². The average Bonchev–Trinajstić information content (AvgIpc) is 3.45. The van der Waals surface area contributed by atoms with Gasteiger partial charge in [0.15, 0.2) is 6.29 Å². The van der Waals surface area contributed by atoms with Crippen LogP contribution < -0.4 is 0 Å². The molecule has 0 saturated carbocycles. The van der Waals surface area contributed by atoms with E-state index in [1.165, 1.54) is 22.3 Å². The summed E-state index contributed by atoms with van der Waals surface area (Å²) in [4.78, 5) is 12.0. The number of hydrogen-bond acceptors (Lipinski definition) is 5. The van der Waals surface area contributed by atoms with Crippen LogP contribution in [-0.4, -0.2) is 57.1 Å². The van der Waals surface area contributed by atoms with Crippen molar-refractivity contribution in [2.24, 2.45) is 0 Å². The molecule has 5 heteroatoms. The highest BCUT2D eigenvalue weighted by molar-refractivity contribution is 5.82. The van der Waals surface area contributed by atoms with Crippen LogP contribution in [0.2, 0.25) is 0 Å². The van der Waals surface area contributed by atoms with Crippen molar-refractivity contribution in [2.75, 3.05) is 26.4 Å². The first-order valence-corrected chi connectivity index (χ1v) is 9.80. The lowest BCUT2D eigenvalue weighted by Crippen LogP contribution is -2.16. The number of epoxide rings is 4. The number of hydrogen-bond donors (Lipinski definition) is 0. The molecule has 4 aliphatic heterocycles. The third-order valence-electron chi connectivity index (χ3n) is 6.01. The zero-order chi connectivity index (χ0) is 17.7. The molecule has 0 radical (unpaired) electrons. The Kier molecular flexibility index (Phi) is 4.36. The Morgan fingerprint density at radius 2 is 1.27 bits per heavy atom. The van der Waals surface area contributed by atoms with Crippen molar-refractivity contribution < 1.29 is 23.7 Å². The summed E-state index contributed by atoms with van der Waals surface area (Å²) in [5, 5.41) is 0. The van der Waals surface area contributed by atoms with E-state index < -0.39 is 0 Å². The lowest BCUT2D eigenvalue weighted by Gasteiger charge is -2.23. The first-order valence-electron chi connectivity index (χ1n) is 9.80. The fourth-order valence-corrected chi connectivity index (χ4v) is 4.14. The van der Waals surface area contributed by atoms with Crippen molar-refractivity contribution in [3.63, 3.8) is 0 Å². The Labute approximate surface area is 153 Å². The standard InChI is InChI=1S/C21H26O5/c1-12-18(4-14-9-24-14)17(3-2-13-8-23-13)19(5-15-10-25-15)20(21(12)7-22)6-16-11-26-16/h7,13-16H,2-6,8-11H2,1H3. The van der Waals surface area contributed by atoms with E-state index in [2.05, 4.69) is 6.92 Å². The molecule has 4 heterocycles.